The Morgan fingerprint density at radius 3 is 1.06 bits per heavy atom. The molecule has 4 rings (SSSR count). The zero-order chi connectivity index (χ0) is 23.3. The lowest BCUT2D eigenvalue weighted by molar-refractivity contribution is 0.404. The average molecular weight is 453 g/mol. The molecule has 0 bridgehead atoms. The zero-order valence-corrected chi connectivity index (χ0v) is 20.9. The summed E-state index contributed by atoms with van der Waals surface area (Å²) in [5, 5.41) is -0.242. The van der Waals surface area contributed by atoms with Crippen molar-refractivity contribution in [1.29, 1.82) is 0 Å². The molecule has 0 saturated heterocycles. The number of anilines is 4. The molecule has 3 heteroatoms. The molecule has 0 amide bonds. The second kappa shape index (κ2) is 9.81. The summed E-state index contributed by atoms with van der Waals surface area (Å²) in [6, 6.07) is 42.7. The van der Waals surface area contributed by atoms with Crippen LogP contribution in [0.5, 0.6) is 0 Å². The molecule has 0 aliphatic carbocycles. The molecule has 0 aliphatic heterocycles. The monoisotopic (exact) mass is 452 g/mol. The Kier molecular flexibility index (Phi) is 6.86. The van der Waals surface area contributed by atoms with Crippen molar-refractivity contribution in [3.63, 3.8) is 0 Å². The molecular formula is C30H33N2P. The summed E-state index contributed by atoms with van der Waals surface area (Å²) in [6.45, 7) is 6.99. The normalized spacial score (nSPS) is 13.2. The van der Waals surface area contributed by atoms with Crippen molar-refractivity contribution in [3.8, 4) is 0 Å². The van der Waals surface area contributed by atoms with Gasteiger partial charge in [-0.1, -0.05) is 72.8 Å². The lowest BCUT2D eigenvalue weighted by atomic mass is 9.90. The Balaban J connectivity index is 1.76. The van der Waals surface area contributed by atoms with Crippen molar-refractivity contribution in [2.24, 2.45) is 0 Å². The molecule has 4 aromatic rings. The Hall–Kier alpha value is -3.09. The highest BCUT2D eigenvalue weighted by atomic mass is 31.0. The van der Waals surface area contributed by atoms with E-state index in [-0.39, 0.29) is 10.8 Å². The molecule has 4 aromatic carbocycles. The summed E-state index contributed by atoms with van der Waals surface area (Å²) in [4.78, 5) is 4.90. The summed E-state index contributed by atoms with van der Waals surface area (Å²) < 4.78 is 0. The maximum Gasteiger partial charge on any atom is 0.0583 e. The first-order valence-electron chi connectivity index (χ1n) is 11.5. The van der Waals surface area contributed by atoms with E-state index in [1.165, 1.54) is 22.7 Å². The van der Waals surface area contributed by atoms with E-state index in [9.17, 15) is 0 Å². The topological polar surface area (TPSA) is 6.48 Å². The lowest BCUT2D eigenvalue weighted by Crippen LogP contribution is -2.50. The van der Waals surface area contributed by atoms with Crippen molar-refractivity contribution >= 4 is 32.0 Å². The molecule has 168 valence electrons. The molecular weight excluding hydrogens is 419 g/mol. The van der Waals surface area contributed by atoms with E-state index < -0.39 is 0 Å². The van der Waals surface area contributed by atoms with Crippen LogP contribution in [0.25, 0.3) is 0 Å². The third-order valence-corrected chi connectivity index (χ3v) is 6.43. The number of nitrogens with zero attached hydrogens (tertiary/aromatic N) is 2. The summed E-state index contributed by atoms with van der Waals surface area (Å²) in [6.07, 6.45) is 0.901. The van der Waals surface area contributed by atoms with E-state index in [0.717, 1.165) is 6.42 Å². The molecule has 0 heterocycles. The minimum Gasteiger partial charge on any atom is -0.336 e. The summed E-state index contributed by atoms with van der Waals surface area (Å²) in [7, 11) is 3.16. The van der Waals surface area contributed by atoms with Crippen molar-refractivity contribution in [2.75, 3.05) is 9.80 Å². The molecule has 0 radical (unpaired) electrons. The van der Waals surface area contributed by atoms with Crippen LogP contribution in [0.4, 0.5) is 22.7 Å². The summed E-state index contributed by atoms with van der Waals surface area (Å²) >= 11 is 0. The number of hydrogen-bond donors (Lipinski definition) is 0. The fourth-order valence-electron chi connectivity index (χ4n) is 4.93. The predicted molar refractivity (Wildman–Crippen MR) is 147 cm³/mol. The van der Waals surface area contributed by atoms with Gasteiger partial charge in [0.1, 0.15) is 0 Å². The zero-order valence-electron chi connectivity index (χ0n) is 19.7. The fraction of sp³-hybridized carbons (Fsp3) is 0.200. The molecule has 0 aromatic heterocycles. The van der Waals surface area contributed by atoms with Crippen LogP contribution in [-0.4, -0.2) is 10.8 Å². The molecule has 2 nitrogen and oxygen atoms in total. The second-order valence-corrected chi connectivity index (χ2v) is 10.6. The van der Waals surface area contributed by atoms with Crippen molar-refractivity contribution in [2.45, 2.75) is 38.0 Å². The maximum atomic E-state index is 3.16. The third-order valence-electron chi connectivity index (χ3n) is 5.96. The van der Waals surface area contributed by atoms with Gasteiger partial charge in [-0.05, 0) is 75.7 Å². The van der Waals surface area contributed by atoms with Crippen LogP contribution < -0.4 is 9.80 Å². The maximum absolute atomic E-state index is 3.16. The minimum absolute atomic E-state index is 0.180. The van der Waals surface area contributed by atoms with Gasteiger partial charge >= 0.3 is 0 Å². The van der Waals surface area contributed by atoms with E-state index >= 15 is 0 Å². The molecule has 0 saturated carbocycles. The van der Waals surface area contributed by atoms with Crippen molar-refractivity contribution < 1.29 is 0 Å². The van der Waals surface area contributed by atoms with Crippen LogP contribution in [0, 0.1) is 0 Å². The van der Waals surface area contributed by atoms with Gasteiger partial charge in [0, 0.05) is 28.3 Å². The van der Waals surface area contributed by atoms with Gasteiger partial charge in [-0.3, -0.25) is 0 Å². The van der Waals surface area contributed by atoms with Crippen LogP contribution in [0.2, 0.25) is 0 Å². The first kappa shape index (κ1) is 23.1. The molecule has 2 atom stereocenters. The van der Waals surface area contributed by atoms with Gasteiger partial charge in [0.15, 0.2) is 0 Å². The van der Waals surface area contributed by atoms with Gasteiger partial charge in [-0.25, -0.2) is 0 Å². The summed E-state index contributed by atoms with van der Waals surface area (Å²) in [5.74, 6) is 0. The number of hydrogen-bond acceptors (Lipinski definition) is 2. The Morgan fingerprint density at radius 2 is 0.758 bits per heavy atom. The second-order valence-electron chi connectivity index (χ2n) is 9.36. The van der Waals surface area contributed by atoms with Gasteiger partial charge in [-0.2, -0.15) is 0 Å². The molecule has 0 N–H and O–H groups in total. The van der Waals surface area contributed by atoms with Crippen LogP contribution in [0.15, 0.2) is 121 Å². The van der Waals surface area contributed by atoms with Gasteiger partial charge < -0.3 is 9.80 Å². The largest absolute Gasteiger partial charge is 0.336 e. The Labute approximate surface area is 201 Å². The van der Waals surface area contributed by atoms with Crippen LogP contribution >= 0.6 is 9.24 Å². The average Bonchev–Trinajstić information content (AvgIpc) is 2.81. The van der Waals surface area contributed by atoms with Gasteiger partial charge in [0.25, 0.3) is 0 Å². The third kappa shape index (κ3) is 5.29. The van der Waals surface area contributed by atoms with Gasteiger partial charge in [0.2, 0.25) is 0 Å². The van der Waals surface area contributed by atoms with Crippen LogP contribution in [0.1, 0.15) is 27.2 Å². The quantitative estimate of drug-likeness (QED) is 0.248. The molecule has 0 fully saturated rings. The highest BCUT2D eigenvalue weighted by Crippen LogP contribution is 2.45. The predicted octanol–water partition coefficient (Wildman–Crippen LogP) is 8.42. The molecule has 0 aliphatic rings. The standard InChI is InChI=1S/C30H33N2P/c1-29(2,31(25-16-8-4-9-17-25)26-18-10-5-11-19-26)24-30(3,33)32(27-20-12-6-13-21-27)28-22-14-7-15-23-28/h4-23H,24,33H2,1-3H3. The number of rotatable bonds is 8. The smallest absolute Gasteiger partial charge is 0.0583 e. The SMILES string of the molecule is CC(C)(CC(C)(P)N(c1ccccc1)c1ccccc1)N(c1ccccc1)c1ccccc1. The highest BCUT2D eigenvalue weighted by Gasteiger charge is 2.39. The number of para-hydroxylation sites is 4. The molecule has 2 unspecified atom stereocenters. The first-order chi connectivity index (χ1) is 15.9. The van der Waals surface area contributed by atoms with Gasteiger partial charge in [0.05, 0.1) is 5.28 Å². The van der Waals surface area contributed by atoms with E-state index in [2.05, 4.69) is 161 Å². The molecule has 33 heavy (non-hydrogen) atoms. The summed E-state index contributed by atoms with van der Waals surface area (Å²) in [5.41, 5.74) is 4.58. The fourth-order valence-corrected chi connectivity index (χ4v) is 5.73. The van der Waals surface area contributed by atoms with E-state index in [0.29, 0.717) is 0 Å². The van der Waals surface area contributed by atoms with E-state index in [4.69, 9.17) is 0 Å². The van der Waals surface area contributed by atoms with Crippen molar-refractivity contribution in [1.82, 2.24) is 0 Å². The number of benzene rings is 4. The van der Waals surface area contributed by atoms with Crippen LogP contribution in [-0.2, 0) is 0 Å². The van der Waals surface area contributed by atoms with Crippen LogP contribution in [0.3, 0.4) is 0 Å². The Morgan fingerprint density at radius 1 is 0.485 bits per heavy atom. The van der Waals surface area contributed by atoms with Gasteiger partial charge in [-0.15, -0.1) is 9.24 Å². The molecule has 0 spiro atoms. The van der Waals surface area contributed by atoms with E-state index in [1.54, 1.807) is 0 Å². The minimum atomic E-state index is -0.242. The van der Waals surface area contributed by atoms with Crippen molar-refractivity contribution in [3.05, 3.63) is 121 Å². The lowest BCUT2D eigenvalue weighted by Gasteiger charge is -2.49. The highest BCUT2D eigenvalue weighted by molar-refractivity contribution is 7.19. The Bertz CT molecular complexity index is 955. The first-order valence-corrected chi connectivity index (χ1v) is 12.1. The van der Waals surface area contributed by atoms with E-state index in [1.807, 2.05) is 0 Å².